The Balaban J connectivity index is 1.80. The van der Waals surface area contributed by atoms with E-state index in [2.05, 4.69) is 15.3 Å². The number of carbonyl (C=O) groups is 1. The summed E-state index contributed by atoms with van der Waals surface area (Å²) in [5.74, 6) is -0.349. The number of fused-ring (bicyclic) bond motifs is 1. The summed E-state index contributed by atoms with van der Waals surface area (Å²) in [6.07, 6.45) is 1.20. The van der Waals surface area contributed by atoms with Gasteiger partial charge in [0.1, 0.15) is 6.54 Å². The summed E-state index contributed by atoms with van der Waals surface area (Å²) in [6.45, 7) is 3.60. The van der Waals surface area contributed by atoms with E-state index < -0.39 is 0 Å². The fourth-order valence-corrected chi connectivity index (χ4v) is 2.77. The molecule has 7 heteroatoms. The van der Waals surface area contributed by atoms with E-state index in [0.29, 0.717) is 16.6 Å². The molecule has 25 heavy (non-hydrogen) atoms. The number of hydrogen-bond acceptors (Lipinski definition) is 4. The van der Waals surface area contributed by atoms with Gasteiger partial charge >= 0.3 is 0 Å². The second-order valence-corrected chi connectivity index (χ2v) is 5.89. The predicted octanol–water partition coefficient (Wildman–Crippen LogP) is 1.02. The van der Waals surface area contributed by atoms with E-state index in [9.17, 15) is 14.4 Å². The van der Waals surface area contributed by atoms with E-state index in [0.717, 1.165) is 11.3 Å². The van der Waals surface area contributed by atoms with E-state index in [4.69, 9.17) is 0 Å². The Morgan fingerprint density at radius 1 is 1.24 bits per heavy atom. The molecule has 128 valence electrons. The minimum Gasteiger partial charge on any atom is -0.350 e. The Hall–Kier alpha value is -3.22. The van der Waals surface area contributed by atoms with Crippen LogP contribution < -0.4 is 16.4 Å². The molecule has 0 radical (unpaired) electrons. The standard InChI is InChI=1S/C18H18N4O3/c1-11-7-12(2)21-18(25)13(11)8-20-16(23)10-22-15-6-4-3-5-14(15)19-9-17(22)24/h3-7,9H,8,10H2,1-2H3,(H,20,23)(H,21,25). The van der Waals surface area contributed by atoms with Gasteiger partial charge in [-0.25, -0.2) is 4.98 Å². The summed E-state index contributed by atoms with van der Waals surface area (Å²) in [5.41, 5.74) is 2.75. The third kappa shape index (κ3) is 3.50. The third-order valence-corrected chi connectivity index (χ3v) is 4.01. The Kier molecular flexibility index (Phi) is 4.47. The van der Waals surface area contributed by atoms with Crippen LogP contribution in [0.15, 0.2) is 46.1 Å². The van der Waals surface area contributed by atoms with Gasteiger partial charge in [0.2, 0.25) is 5.91 Å². The number of nitrogens with zero attached hydrogens (tertiary/aromatic N) is 2. The maximum atomic E-state index is 12.3. The smallest absolute Gasteiger partial charge is 0.269 e. The summed E-state index contributed by atoms with van der Waals surface area (Å²) in [6, 6.07) is 8.97. The van der Waals surface area contributed by atoms with Gasteiger partial charge in [-0.1, -0.05) is 12.1 Å². The van der Waals surface area contributed by atoms with Crippen molar-refractivity contribution < 1.29 is 4.79 Å². The average molecular weight is 338 g/mol. The monoisotopic (exact) mass is 338 g/mol. The molecule has 3 aromatic rings. The highest BCUT2D eigenvalue weighted by Crippen LogP contribution is 2.08. The highest BCUT2D eigenvalue weighted by molar-refractivity contribution is 5.79. The van der Waals surface area contributed by atoms with Crippen molar-refractivity contribution in [3.8, 4) is 0 Å². The Morgan fingerprint density at radius 3 is 2.76 bits per heavy atom. The average Bonchev–Trinajstić information content (AvgIpc) is 2.56. The van der Waals surface area contributed by atoms with Crippen LogP contribution in [0.2, 0.25) is 0 Å². The summed E-state index contributed by atoms with van der Waals surface area (Å²) in [4.78, 5) is 43.1. The zero-order valence-corrected chi connectivity index (χ0v) is 14.0. The molecular weight excluding hydrogens is 320 g/mol. The first-order chi connectivity index (χ1) is 12.0. The Morgan fingerprint density at radius 2 is 2.00 bits per heavy atom. The number of aryl methyl sites for hydroxylation is 2. The van der Waals surface area contributed by atoms with Crippen LogP contribution in [0.4, 0.5) is 0 Å². The quantitative estimate of drug-likeness (QED) is 0.742. The number of hydrogen-bond donors (Lipinski definition) is 2. The van der Waals surface area contributed by atoms with Crippen LogP contribution in [0, 0.1) is 13.8 Å². The van der Waals surface area contributed by atoms with Crippen molar-refractivity contribution in [2.45, 2.75) is 26.9 Å². The molecule has 0 spiro atoms. The van der Waals surface area contributed by atoms with Crippen LogP contribution in [0.5, 0.6) is 0 Å². The maximum absolute atomic E-state index is 12.3. The lowest BCUT2D eigenvalue weighted by Crippen LogP contribution is -2.34. The third-order valence-electron chi connectivity index (χ3n) is 4.01. The molecule has 0 saturated carbocycles. The molecule has 1 aromatic carbocycles. The van der Waals surface area contributed by atoms with Crippen molar-refractivity contribution in [1.29, 1.82) is 0 Å². The number of para-hydroxylation sites is 2. The van der Waals surface area contributed by atoms with Crippen molar-refractivity contribution >= 4 is 16.9 Å². The molecule has 0 bridgehead atoms. The van der Waals surface area contributed by atoms with Crippen molar-refractivity contribution in [3.63, 3.8) is 0 Å². The van der Waals surface area contributed by atoms with Gasteiger partial charge in [-0.2, -0.15) is 0 Å². The fourth-order valence-electron chi connectivity index (χ4n) is 2.77. The van der Waals surface area contributed by atoms with Gasteiger partial charge in [0, 0.05) is 17.8 Å². The molecule has 0 aliphatic heterocycles. The molecule has 0 atom stereocenters. The fraction of sp³-hybridized carbons (Fsp3) is 0.222. The highest BCUT2D eigenvalue weighted by Gasteiger charge is 2.11. The number of pyridine rings is 1. The highest BCUT2D eigenvalue weighted by atomic mass is 16.2. The van der Waals surface area contributed by atoms with E-state index in [1.54, 1.807) is 25.1 Å². The summed E-state index contributed by atoms with van der Waals surface area (Å²) in [7, 11) is 0. The predicted molar refractivity (Wildman–Crippen MR) is 94.4 cm³/mol. The molecule has 0 saturated heterocycles. The largest absolute Gasteiger partial charge is 0.350 e. The van der Waals surface area contributed by atoms with E-state index in [1.807, 2.05) is 19.1 Å². The van der Waals surface area contributed by atoms with Gasteiger partial charge in [-0.3, -0.25) is 19.0 Å². The first-order valence-corrected chi connectivity index (χ1v) is 7.86. The molecule has 2 aromatic heterocycles. The first kappa shape index (κ1) is 16.6. The van der Waals surface area contributed by atoms with Crippen molar-refractivity contribution in [2.75, 3.05) is 0 Å². The van der Waals surface area contributed by atoms with E-state index in [1.165, 1.54) is 10.8 Å². The minimum atomic E-state index is -0.349. The Bertz CT molecular complexity index is 1070. The normalized spacial score (nSPS) is 10.8. The molecule has 0 fully saturated rings. The number of H-pyrrole nitrogens is 1. The number of amides is 1. The van der Waals surface area contributed by atoms with Gasteiger partial charge in [-0.05, 0) is 37.6 Å². The molecule has 2 N–H and O–H groups in total. The Labute approximate surface area is 143 Å². The van der Waals surface area contributed by atoms with Gasteiger partial charge in [-0.15, -0.1) is 0 Å². The molecule has 3 rings (SSSR count). The minimum absolute atomic E-state index is 0.109. The van der Waals surface area contributed by atoms with E-state index in [-0.39, 0.29) is 30.1 Å². The number of aromatic nitrogens is 3. The number of aromatic amines is 1. The summed E-state index contributed by atoms with van der Waals surface area (Å²) >= 11 is 0. The molecule has 0 aliphatic carbocycles. The van der Waals surface area contributed by atoms with Gasteiger partial charge in [0.15, 0.2) is 0 Å². The zero-order valence-electron chi connectivity index (χ0n) is 14.0. The zero-order chi connectivity index (χ0) is 18.0. The molecule has 1 amide bonds. The van der Waals surface area contributed by atoms with Crippen molar-refractivity contribution in [2.24, 2.45) is 0 Å². The molecule has 0 unspecified atom stereocenters. The summed E-state index contributed by atoms with van der Waals surface area (Å²) < 4.78 is 1.36. The first-order valence-electron chi connectivity index (χ1n) is 7.86. The lowest BCUT2D eigenvalue weighted by atomic mass is 10.1. The maximum Gasteiger partial charge on any atom is 0.269 e. The number of benzene rings is 1. The number of nitrogens with one attached hydrogen (secondary N) is 2. The van der Waals surface area contributed by atoms with E-state index >= 15 is 0 Å². The number of rotatable bonds is 4. The lowest BCUT2D eigenvalue weighted by Gasteiger charge is -2.11. The van der Waals surface area contributed by atoms with Crippen LogP contribution in [0.3, 0.4) is 0 Å². The molecule has 2 heterocycles. The number of carbonyl (C=O) groups excluding carboxylic acids is 1. The molecular formula is C18H18N4O3. The van der Waals surface area contributed by atoms with Gasteiger partial charge in [0.25, 0.3) is 11.1 Å². The van der Waals surface area contributed by atoms with Crippen molar-refractivity contribution in [1.82, 2.24) is 19.9 Å². The summed E-state index contributed by atoms with van der Waals surface area (Å²) in [5, 5.41) is 2.70. The SMILES string of the molecule is Cc1cc(C)c(CNC(=O)Cn2c(=O)cnc3ccccc32)c(=O)[nH]1. The second kappa shape index (κ2) is 6.72. The van der Waals surface area contributed by atoms with Crippen LogP contribution >= 0.6 is 0 Å². The van der Waals surface area contributed by atoms with Gasteiger partial charge < -0.3 is 10.3 Å². The second-order valence-electron chi connectivity index (χ2n) is 5.89. The van der Waals surface area contributed by atoms with Crippen molar-refractivity contribution in [3.05, 3.63) is 74.1 Å². The lowest BCUT2D eigenvalue weighted by molar-refractivity contribution is -0.121. The molecule has 7 nitrogen and oxygen atoms in total. The topological polar surface area (TPSA) is 96.8 Å². The van der Waals surface area contributed by atoms with Crippen LogP contribution in [-0.4, -0.2) is 20.4 Å². The van der Waals surface area contributed by atoms with Crippen LogP contribution in [0.1, 0.15) is 16.8 Å². The molecule has 0 aliphatic rings. The van der Waals surface area contributed by atoms with Crippen LogP contribution in [-0.2, 0) is 17.9 Å². The van der Waals surface area contributed by atoms with Crippen LogP contribution in [0.25, 0.3) is 11.0 Å². The van der Waals surface area contributed by atoms with Gasteiger partial charge in [0.05, 0.1) is 17.2 Å².